The number of hydrogen-bond donors (Lipinski definition) is 1. The maximum atomic E-state index is 9.16. The van der Waals surface area contributed by atoms with Gasteiger partial charge in [-0.1, -0.05) is 48.6 Å². The van der Waals surface area contributed by atoms with Gasteiger partial charge in [-0.15, -0.1) is 0 Å². The SMILES string of the molecule is N#Cc1ccc(/C=C/C=C/c2ccc(O)cc2)cc1. The summed E-state index contributed by atoms with van der Waals surface area (Å²) in [4.78, 5) is 0. The minimum atomic E-state index is 0.269. The molecule has 92 valence electrons. The van der Waals surface area contributed by atoms with Crippen LogP contribution in [0, 0.1) is 11.3 Å². The molecule has 2 aromatic carbocycles. The lowest BCUT2D eigenvalue weighted by Gasteiger charge is -1.93. The van der Waals surface area contributed by atoms with Crippen LogP contribution in [0.4, 0.5) is 0 Å². The molecule has 0 bridgehead atoms. The molecule has 0 aliphatic carbocycles. The minimum absolute atomic E-state index is 0.269. The molecule has 0 fully saturated rings. The molecule has 0 saturated carbocycles. The van der Waals surface area contributed by atoms with Gasteiger partial charge in [0.25, 0.3) is 0 Å². The van der Waals surface area contributed by atoms with E-state index >= 15 is 0 Å². The Morgan fingerprint density at radius 2 is 1.26 bits per heavy atom. The van der Waals surface area contributed by atoms with Crippen molar-refractivity contribution < 1.29 is 5.11 Å². The molecule has 19 heavy (non-hydrogen) atoms. The molecule has 0 heterocycles. The highest BCUT2D eigenvalue weighted by Crippen LogP contribution is 2.11. The van der Waals surface area contributed by atoms with E-state index in [9.17, 15) is 0 Å². The van der Waals surface area contributed by atoms with Gasteiger partial charge in [0.05, 0.1) is 11.6 Å². The molecular weight excluding hydrogens is 234 g/mol. The molecule has 0 unspecified atom stereocenters. The van der Waals surface area contributed by atoms with Crippen molar-refractivity contribution >= 4 is 12.2 Å². The smallest absolute Gasteiger partial charge is 0.115 e. The zero-order valence-electron chi connectivity index (χ0n) is 10.3. The maximum absolute atomic E-state index is 9.16. The highest BCUT2D eigenvalue weighted by atomic mass is 16.3. The van der Waals surface area contributed by atoms with Gasteiger partial charge in [0.15, 0.2) is 0 Å². The second-order valence-electron chi connectivity index (χ2n) is 4.04. The Kier molecular flexibility index (Phi) is 4.15. The molecule has 0 aliphatic rings. The normalized spacial score (nSPS) is 10.9. The molecule has 0 aromatic heterocycles. The molecule has 0 spiro atoms. The third kappa shape index (κ3) is 3.86. The largest absolute Gasteiger partial charge is 0.508 e. The lowest BCUT2D eigenvalue weighted by molar-refractivity contribution is 0.475. The highest BCUT2D eigenvalue weighted by Gasteiger charge is 1.89. The lowest BCUT2D eigenvalue weighted by Crippen LogP contribution is -1.74. The zero-order valence-corrected chi connectivity index (χ0v) is 10.3. The van der Waals surface area contributed by atoms with Crippen molar-refractivity contribution in [3.05, 3.63) is 77.4 Å². The summed E-state index contributed by atoms with van der Waals surface area (Å²) in [5.41, 5.74) is 2.74. The van der Waals surface area contributed by atoms with E-state index < -0.39 is 0 Å². The number of phenols is 1. The first-order chi connectivity index (χ1) is 9.28. The monoisotopic (exact) mass is 247 g/mol. The van der Waals surface area contributed by atoms with E-state index in [1.165, 1.54) is 0 Å². The zero-order chi connectivity index (χ0) is 13.5. The van der Waals surface area contributed by atoms with Crippen LogP contribution in [-0.2, 0) is 0 Å². The van der Waals surface area contributed by atoms with Crippen LogP contribution in [0.25, 0.3) is 12.2 Å². The summed E-state index contributed by atoms with van der Waals surface area (Å²) >= 11 is 0. The molecule has 1 N–H and O–H groups in total. The fourth-order valence-electron chi connectivity index (χ4n) is 1.59. The molecule has 0 atom stereocenters. The number of nitrogens with zero attached hydrogens (tertiary/aromatic N) is 1. The minimum Gasteiger partial charge on any atom is -0.508 e. The van der Waals surface area contributed by atoms with E-state index in [0.717, 1.165) is 11.1 Å². The Labute approximate surface area is 112 Å². The van der Waals surface area contributed by atoms with E-state index in [1.54, 1.807) is 24.3 Å². The van der Waals surface area contributed by atoms with Gasteiger partial charge in [-0.05, 0) is 35.4 Å². The van der Waals surface area contributed by atoms with Crippen LogP contribution in [0.2, 0.25) is 0 Å². The van der Waals surface area contributed by atoms with Gasteiger partial charge in [0, 0.05) is 0 Å². The summed E-state index contributed by atoms with van der Waals surface area (Å²) in [6, 6.07) is 16.5. The first kappa shape index (κ1) is 12.7. The second-order valence-corrected chi connectivity index (χ2v) is 4.04. The van der Waals surface area contributed by atoms with E-state index in [1.807, 2.05) is 48.6 Å². The van der Waals surface area contributed by atoms with Crippen molar-refractivity contribution in [1.82, 2.24) is 0 Å². The molecule has 2 rings (SSSR count). The summed E-state index contributed by atoms with van der Waals surface area (Å²) in [5, 5.41) is 17.8. The van der Waals surface area contributed by atoms with E-state index in [0.29, 0.717) is 5.56 Å². The fraction of sp³-hybridized carbons (Fsp3) is 0. The molecule has 0 saturated heterocycles. The van der Waals surface area contributed by atoms with Crippen LogP contribution in [0.15, 0.2) is 60.7 Å². The Balaban J connectivity index is 1.99. The number of rotatable bonds is 3. The topological polar surface area (TPSA) is 44.0 Å². The van der Waals surface area contributed by atoms with Crippen LogP contribution in [0.1, 0.15) is 16.7 Å². The van der Waals surface area contributed by atoms with Gasteiger partial charge in [0.2, 0.25) is 0 Å². The maximum Gasteiger partial charge on any atom is 0.115 e. The molecule has 0 radical (unpaired) electrons. The van der Waals surface area contributed by atoms with E-state index in [2.05, 4.69) is 6.07 Å². The predicted molar refractivity (Wildman–Crippen MR) is 77.3 cm³/mol. The van der Waals surface area contributed by atoms with Crippen molar-refractivity contribution in [3.8, 4) is 11.8 Å². The van der Waals surface area contributed by atoms with Gasteiger partial charge >= 0.3 is 0 Å². The summed E-state index contributed by atoms with van der Waals surface area (Å²) in [6.07, 6.45) is 7.80. The Hall–Kier alpha value is -2.79. The standard InChI is InChI=1S/C17H13NO/c18-13-16-7-5-14(6-8-16)3-1-2-4-15-9-11-17(19)12-10-15/h1-12,19H/b3-1+,4-2+. The average molecular weight is 247 g/mol. The lowest BCUT2D eigenvalue weighted by atomic mass is 10.1. The van der Waals surface area contributed by atoms with E-state index in [4.69, 9.17) is 10.4 Å². The number of hydrogen-bond acceptors (Lipinski definition) is 2. The van der Waals surface area contributed by atoms with Crippen LogP contribution in [0.3, 0.4) is 0 Å². The number of aromatic hydroxyl groups is 1. The predicted octanol–water partition coefficient (Wildman–Crippen LogP) is 3.99. The van der Waals surface area contributed by atoms with E-state index in [-0.39, 0.29) is 5.75 Å². The van der Waals surface area contributed by atoms with Gasteiger partial charge in [-0.2, -0.15) is 5.26 Å². The van der Waals surface area contributed by atoms with Gasteiger partial charge in [0.1, 0.15) is 5.75 Å². The quantitative estimate of drug-likeness (QED) is 0.833. The molecular formula is C17H13NO. The number of phenolic OH excluding ortho intramolecular Hbond substituents is 1. The average Bonchev–Trinajstić information content (AvgIpc) is 2.46. The summed E-state index contributed by atoms with van der Waals surface area (Å²) in [7, 11) is 0. The summed E-state index contributed by atoms with van der Waals surface area (Å²) in [6.45, 7) is 0. The molecule has 0 aliphatic heterocycles. The third-order valence-corrected chi connectivity index (χ3v) is 2.62. The van der Waals surface area contributed by atoms with Crippen LogP contribution in [0.5, 0.6) is 5.75 Å². The Morgan fingerprint density at radius 1 is 0.789 bits per heavy atom. The molecule has 2 aromatic rings. The number of allylic oxidation sites excluding steroid dienone is 2. The molecule has 2 heteroatoms. The van der Waals surface area contributed by atoms with Crippen LogP contribution >= 0.6 is 0 Å². The van der Waals surface area contributed by atoms with Gasteiger partial charge in [-0.3, -0.25) is 0 Å². The Bertz CT molecular complexity index is 628. The fourth-order valence-corrected chi connectivity index (χ4v) is 1.59. The van der Waals surface area contributed by atoms with Crippen molar-refractivity contribution in [2.75, 3.05) is 0 Å². The highest BCUT2D eigenvalue weighted by molar-refractivity contribution is 5.58. The van der Waals surface area contributed by atoms with Crippen molar-refractivity contribution in [1.29, 1.82) is 5.26 Å². The third-order valence-electron chi connectivity index (χ3n) is 2.62. The van der Waals surface area contributed by atoms with Crippen molar-refractivity contribution in [2.24, 2.45) is 0 Å². The van der Waals surface area contributed by atoms with Crippen molar-refractivity contribution in [2.45, 2.75) is 0 Å². The number of nitriles is 1. The van der Waals surface area contributed by atoms with Crippen molar-refractivity contribution in [3.63, 3.8) is 0 Å². The van der Waals surface area contributed by atoms with Crippen LogP contribution in [-0.4, -0.2) is 5.11 Å². The molecule has 2 nitrogen and oxygen atoms in total. The first-order valence-electron chi connectivity index (χ1n) is 5.92. The summed E-state index contributed by atoms with van der Waals surface area (Å²) < 4.78 is 0. The van der Waals surface area contributed by atoms with Crippen LogP contribution < -0.4 is 0 Å². The number of benzene rings is 2. The summed E-state index contributed by atoms with van der Waals surface area (Å²) in [5.74, 6) is 0.269. The second kappa shape index (κ2) is 6.23. The Morgan fingerprint density at radius 3 is 1.74 bits per heavy atom. The molecule has 0 amide bonds. The first-order valence-corrected chi connectivity index (χ1v) is 5.92. The van der Waals surface area contributed by atoms with Gasteiger partial charge in [-0.25, -0.2) is 0 Å². The van der Waals surface area contributed by atoms with Gasteiger partial charge < -0.3 is 5.11 Å².